The third-order valence-electron chi connectivity index (χ3n) is 4.07. The molecule has 2 N–H and O–H groups in total. The maximum atomic E-state index is 11.8. The number of rotatable bonds is 2. The number of carbonyl (C=O) groups excluding carboxylic acids is 1. The van der Waals surface area contributed by atoms with Gasteiger partial charge in [0.05, 0.1) is 18.4 Å². The minimum absolute atomic E-state index is 0.00658. The van der Waals surface area contributed by atoms with Gasteiger partial charge in [-0.3, -0.25) is 0 Å². The fraction of sp³-hybridized carbons (Fsp3) is 0.333. The Balaban J connectivity index is 2.12. The predicted octanol–water partition coefficient (Wildman–Crippen LogP) is 2.01. The Morgan fingerprint density at radius 1 is 1.40 bits per heavy atom. The van der Waals surface area contributed by atoms with Gasteiger partial charge in [-0.2, -0.15) is 0 Å². The van der Waals surface area contributed by atoms with Crippen LogP contribution in [0.4, 0.5) is 5.69 Å². The highest BCUT2D eigenvalue weighted by Gasteiger charge is 2.41. The first kappa shape index (κ1) is 12.7. The number of methoxy groups -OCH3 is 1. The molecule has 0 fully saturated rings. The van der Waals surface area contributed by atoms with E-state index in [2.05, 4.69) is 5.32 Å². The molecule has 0 bridgehead atoms. The van der Waals surface area contributed by atoms with Crippen molar-refractivity contribution in [3.8, 4) is 0 Å². The summed E-state index contributed by atoms with van der Waals surface area (Å²) in [7, 11) is 1.32. The van der Waals surface area contributed by atoms with E-state index in [4.69, 9.17) is 4.74 Å². The van der Waals surface area contributed by atoms with Crippen LogP contribution in [-0.2, 0) is 9.53 Å². The maximum Gasteiger partial charge on any atom is 0.339 e. The smallest absolute Gasteiger partial charge is 0.339 e. The van der Waals surface area contributed by atoms with Gasteiger partial charge in [-0.15, -0.1) is 0 Å². The molecule has 2 aliphatic rings. The summed E-state index contributed by atoms with van der Waals surface area (Å²) in [5.74, 6) is -1.32. The van der Waals surface area contributed by atoms with Gasteiger partial charge in [0.2, 0.25) is 0 Å². The number of nitrogens with one attached hydrogen (secondary N) is 1. The third kappa shape index (κ3) is 1.78. The van der Waals surface area contributed by atoms with Gasteiger partial charge in [0.1, 0.15) is 6.04 Å². The summed E-state index contributed by atoms with van der Waals surface area (Å²) in [6, 6.07) is 4.70. The normalized spacial score (nSPS) is 26.4. The van der Waals surface area contributed by atoms with E-state index in [0.717, 1.165) is 12.0 Å². The summed E-state index contributed by atoms with van der Waals surface area (Å²) in [6.45, 7) is 0. The number of allylic oxidation sites excluding steroid dienone is 2. The molecular formula is C15H15NO4. The molecule has 5 heteroatoms. The van der Waals surface area contributed by atoms with Gasteiger partial charge in [-0.05, 0) is 18.1 Å². The second kappa shape index (κ2) is 4.67. The van der Waals surface area contributed by atoms with Crippen molar-refractivity contribution in [1.29, 1.82) is 0 Å². The number of carboxylic acid groups (broad SMARTS) is 1. The molecule has 3 rings (SSSR count). The second-order valence-electron chi connectivity index (χ2n) is 5.08. The molecule has 20 heavy (non-hydrogen) atoms. The number of carbonyl (C=O) groups is 2. The lowest BCUT2D eigenvalue weighted by Crippen LogP contribution is -2.42. The summed E-state index contributed by atoms with van der Waals surface area (Å²) in [5.41, 5.74) is 1.93. The minimum atomic E-state index is -0.894. The van der Waals surface area contributed by atoms with Crippen molar-refractivity contribution in [3.05, 3.63) is 41.5 Å². The number of carboxylic acids is 1. The van der Waals surface area contributed by atoms with Gasteiger partial charge in [0, 0.05) is 11.8 Å². The second-order valence-corrected chi connectivity index (χ2v) is 5.08. The number of para-hydroxylation sites is 1. The summed E-state index contributed by atoms with van der Waals surface area (Å²) < 4.78 is 4.77. The van der Waals surface area contributed by atoms with Gasteiger partial charge in [0.15, 0.2) is 0 Å². The largest absolute Gasteiger partial charge is 0.480 e. The molecule has 1 aliphatic carbocycles. The highest BCUT2D eigenvalue weighted by Crippen LogP contribution is 2.45. The number of hydrogen-bond acceptors (Lipinski definition) is 4. The molecule has 1 aromatic carbocycles. The molecule has 0 aromatic heterocycles. The first-order chi connectivity index (χ1) is 9.63. The number of aliphatic carboxylic acids is 1. The van der Waals surface area contributed by atoms with Crippen molar-refractivity contribution in [2.75, 3.05) is 12.4 Å². The number of esters is 1. The van der Waals surface area contributed by atoms with Crippen molar-refractivity contribution in [2.45, 2.75) is 18.4 Å². The maximum absolute atomic E-state index is 11.8. The van der Waals surface area contributed by atoms with Crippen molar-refractivity contribution in [2.24, 2.45) is 5.92 Å². The molecule has 0 saturated carbocycles. The fourth-order valence-electron chi connectivity index (χ4n) is 3.15. The topological polar surface area (TPSA) is 75.6 Å². The van der Waals surface area contributed by atoms with Crippen molar-refractivity contribution in [3.63, 3.8) is 0 Å². The first-order valence-electron chi connectivity index (χ1n) is 6.50. The molecule has 0 radical (unpaired) electrons. The van der Waals surface area contributed by atoms with Gasteiger partial charge in [-0.25, -0.2) is 9.59 Å². The van der Waals surface area contributed by atoms with E-state index in [1.54, 1.807) is 12.1 Å². The third-order valence-corrected chi connectivity index (χ3v) is 4.07. The average molecular weight is 273 g/mol. The Morgan fingerprint density at radius 2 is 2.20 bits per heavy atom. The SMILES string of the molecule is COC(=O)c1cccc2c1N[C@H](C(=O)O)[C@H]1CC=C[C@@H]21. The first-order valence-corrected chi connectivity index (χ1v) is 6.50. The van der Waals surface area contributed by atoms with E-state index in [1.807, 2.05) is 18.2 Å². The number of fused-ring (bicyclic) bond motifs is 3. The number of ether oxygens (including phenoxy) is 1. The molecule has 1 aliphatic heterocycles. The zero-order valence-corrected chi connectivity index (χ0v) is 11.0. The summed E-state index contributed by atoms with van der Waals surface area (Å²) >= 11 is 0. The minimum Gasteiger partial charge on any atom is -0.480 e. The van der Waals surface area contributed by atoms with E-state index in [9.17, 15) is 14.7 Å². The van der Waals surface area contributed by atoms with Crippen LogP contribution in [0.5, 0.6) is 0 Å². The molecule has 1 aromatic rings. The summed E-state index contributed by atoms with van der Waals surface area (Å²) in [6.07, 6.45) is 4.77. The van der Waals surface area contributed by atoms with Crippen LogP contribution in [0.1, 0.15) is 28.3 Å². The molecule has 0 saturated heterocycles. The quantitative estimate of drug-likeness (QED) is 0.637. The lowest BCUT2D eigenvalue weighted by Gasteiger charge is -2.35. The van der Waals surface area contributed by atoms with Crippen LogP contribution in [-0.4, -0.2) is 30.2 Å². The van der Waals surface area contributed by atoms with Crippen LogP contribution in [0, 0.1) is 5.92 Å². The van der Waals surface area contributed by atoms with E-state index in [-0.39, 0.29) is 11.8 Å². The lowest BCUT2D eigenvalue weighted by molar-refractivity contribution is -0.139. The zero-order valence-electron chi connectivity index (χ0n) is 11.0. The van der Waals surface area contributed by atoms with Crippen LogP contribution >= 0.6 is 0 Å². The van der Waals surface area contributed by atoms with Crippen molar-refractivity contribution < 1.29 is 19.4 Å². The molecule has 0 spiro atoms. The van der Waals surface area contributed by atoms with Gasteiger partial charge in [0.25, 0.3) is 0 Å². The van der Waals surface area contributed by atoms with E-state index >= 15 is 0 Å². The predicted molar refractivity (Wildman–Crippen MR) is 72.8 cm³/mol. The molecular weight excluding hydrogens is 258 g/mol. The highest BCUT2D eigenvalue weighted by atomic mass is 16.5. The van der Waals surface area contributed by atoms with Crippen LogP contribution in [0.15, 0.2) is 30.4 Å². The number of hydrogen-bond donors (Lipinski definition) is 2. The van der Waals surface area contributed by atoms with E-state index < -0.39 is 18.0 Å². The Labute approximate surface area is 116 Å². The summed E-state index contributed by atoms with van der Waals surface area (Å²) in [4.78, 5) is 23.3. The molecule has 1 heterocycles. The Hall–Kier alpha value is -2.30. The van der Waals surface area contributed by atoms with Gasteiger partial charge >= 0.3 is 11.9 Å². The lowest BCUT2D eigenvalue weighted by atomic mass is 9.78. The van der Waals surface area contributed by atoms with Crippen LogP contribution in [0.3, 0.4) is 0 Å². The summed E-state index contributed by atoms with van der Waals surface area (Å²) in [5, 5.41) is 12.4. The van der Waals surface area contributed by atoms with Crippen LogP contribution in [0.2, 0.25) is 0 Å². The standard InChI is InChI=1S/C15H15NO4/c1-20-15(19)11-7-3-5-9-8-4-2-6-10(8)13(14(17)18)16-12(9)11/h2-5,7-8,10,13,16H,6H2,1H3,(H,17,18)/t8-,10-,13-/m0/s1. The van der Waals surface area contributed by atoms with Crippen molar-refractivity contribution >= 4 is 17.6 Å². The molecule has 0 unspecified atom stereocenters. The van der Waals surface area contributed by atoms with Gasteiger partial charge < -0.3 is 15.2 Å². The van der Waals surface area contributed by atoms with Crippen LogP contribution < -0.4 is 5.32 Å². The highest BCUT2D eigenvalue weighted by molar-refractivity contribution is 5.98. The van der Waals surface area contributed by atoms with Crippen LogP contribution in [0.25, 0.3) is 0 Å². The van der Waals surface area contributed by atoms with E-state index in [0.29, 0.717) is 11.3 Å². The Kier molecular flexibility index (Phi) is 2.97. The Morgan fingerprint density at radius 3 is 2.90 bits per heavy atom. The van der Waals surface area contributed by atoms with E-state index in [1.165, 1.54) is 7.11 Å². The van der Waals surface area contributed by atoms with Gasteiger partial charge in [-0.1, -0.05) is 24.3 Å². The number of benzene rings is 1. The average Bonchev–Trinajstić information content (AvgIpc) is 2.94. The molecule has 3 atom stereocenters. The molecule has 5 nitrogen and oxygen atoms in total. The molecule has 0 amide bonds. The van der Waals surface area contributed by atoms with Crippen molar-refractivity contribution in [1.82, 2.24) is 0 Å². The number of anilines is 1. The monoisotopic (exact) mass is 273 g/mol. The fourth-order valence-corrected chi connectivity index (χ4v) is 3.15. The molecule has 104 valence electrons. The zero-order chi connectivity index (χ0) is 14.3. The Bertz CT molecular complexity index is 608.